The maximum Gasteiger partial charge on any atom is 0.136 e. The van der Waals surface area contributed by atoms with E-state index in [1.807, 2.05) is 0 Å². The van der Waals surface area contributed by atoms with Crippen molar-refractivity contribution in [2.75, 3.05) is 0 Å². The van der Waals surface area contributed by atoms with E-state index in [4.69, 9.17) is 4.42 Å². The molecule has 1 heterocycles. The van der Waals surface area contributed by atoms with Gasteiger partial charge in [0.2, 0.25) is 0 Å². The third kappa shape index (κ3) is 4.15. The molecule has 0 atom stereocenters. The molecule has 1 aromatic heterocycles. The molecular formula is C46H29OP. The molecule has 0 saturated heterocycles. The van der Waals surface area contributed by atoms with Crippen molar-refractivity contribution >= 4 is 56.5 Å². The summed E-state index contributed by atoms with van der Waals surface area (Å²) in [5.41, 5.74) is 12.0. The number of hydrogen-bond acceptors (Lipinski definition) is 1. The van der Waals surface area contributed by atoms with Crippen molar-refractivity contribution in [1.29, 1.82) is 0 Å². The van der Waals surface area contributed by atoms with E-state index in [1.54, 1.807) is 0 Å². The van der Waals surface area contributed by atoms with E-state index in [-0.39, 0.29) is 0 Å². The maximum atomic E-state index is 6.68. The standard InChI is InChI=1S/C46H29OP/c1-3-14-30(15-4-1)33-18-9-11-24-43(33)48(44-25-12-10-19-34(44)31-16-5-2-6-17-31)32-26-27-41-40(28-32)46-38-23-13-22-37-35-20-7-8-21-36(35)39(45(37)38)29-42(46)47-41/h1-29H. The van der Waals surface area contributed by atoms with Gasteiger partial charge in [0, 0.05) is 10.8 Å². The van der Waals surface area contributed by atoms with Crippen molar-refractivity contribution in [1.82, 2.24) is 0 Å². The monoisotopic (exact) mass is 628 g/mol. The minimum atomic E-state index is -0.967. The molecule has 9 aromatic rings. The summed E-state index contributed by atoms with van der Waals surface area (Å²) in [6.45, 7) is 0. The fraction of sp³-hybridized carbons (Fsp3) is 0. The molecule has 0 fully saturated rings. The molecule has 224 valence electrons. The van der Waals surface area contributed by atoms with Gasteiger partial charge in [-0.2, -0.15) is 0 Å². The van der Waals surface area contributed by atoms with Crippen molar-refractivity contribution in [3.8, 4) is 44.5 Å². The minimum absolute atomic E-state index is 0.925. The molecular weight excluding hydrogens is 599 g/mol. The van der Waals surface area contributed by atoms with Crippen LogP contribution in [0.1, 0.15) is 0 Å². The van der Waals surface area contributed by atoms with E-state index in [1.165, 1.54) is 82.0 Å². The molecule has 0 unspecified atom stereocenters. The van der Waals surface area contributed by atoms with Gasteiger partial charge in [0.15, 0.2) is 0 Å². The average Bonchev–Trinajstić information content (AvgIpc) is 3.69. The predicted octanol–water partition coefficient (Wildman–Crippen LogP) is 11.5. The first kappa shape index (κ1) is 27.4. The molecule has 1 aliphatic rings. The zero-order valence-electron chi connectivity index (χ0n) is 26.1. The summed E-state index contributed by atoms with van der Waals surface area (Å²) in [4.78, 5) is 0. The van der Waals surface area contributed by atoms with E-state index in [9.17, 15) is 0 Å². The largest absolute Gasteiger partial charge is 0.456 e. The lowest BCUT2D eigenvalue weighted by Gasteiger charge is -2.25. The van der Waals surface area contributed by atoms with Gasteiger partial charge in [0.05, 0.1) is 0 Å². The Bertz CT molecular complexity index is 2590. The van der Waals surface area contributed by atoms with Gasteiger partial charge in [-0.05, 0) is 97.3 Å². The molecule has 48 heavy (non-hydrogen) atoms. The molecule has 0 aliphatic heterocycles. The van der Waals surface area contributed by atoms with Gasteiger partial charge in [-0.1, -0.05) is 158 Å². The SMILES string of the molecule is c1ccc(-c2ccccc2P(c2ccc3oc4cc5c6c(cccc6c4c3c2)-c2ccccc2-5)c2ccccc2-c2ccccc2)cc1. The third-order valence-electron chi connectivity index (χ3n) is 9.80. The van der Waals surface area contributed by atoms with Crippen molar-refractivity contribution < 1.29 is 4.42 Å². The fourth-order valence-electron chi connectivity index (χ4n) is 7.74. The van der Waals surface area contributed by atoms with Gasteiger partial charge in [-0.15, -0.1) is 0 Å². The molecule has 2 heteroatoms. The average molecular weight is 629 g/mol. The summed E-state index contributed by atoms with van der Waals surface area (Å²) in [5.74, 6) is 0. The molecule has 0 amide bonds. The Morgan fingerprint density at radius 3 is 1.52 bits per heavy atom. The molecule has 10 rings (SSSR count). The van der Waals surface area contributed by atoms with Crippen LogP contribution in [-0.2, 0) is 0 Å². The van der Waals surface area contributed by atoms with Crippen LogP contribution in [0.25, 0.3) is 77.2 Å². The Labute approximate surface area is 280 Å². The number of hydrogen-bond donors (Lipinski definition) is 0. The summed E-state index contributed by atoms with van der Waals surface area (Å²) in [7, 11) is -0.967. The Kier molecular flexibility index (Phi) is 6.22. The second-order valence-electron chi connectivity index (χ2n) is 12.5. The highest BCUT2D eigenvalue weighted by molar-refractivity contribution is 7.80. The van der Waals surface area contributed by atoms with Crippen LogP contribution in [0.5, 0.6) is 0 Å². The van der Waals surface area contributed by atoms with E-state index in [2.05, 4.69) is 176 Å². The minimum Gasteiger partial charge on any atom is -0.456 e. The highest BCUT2D eigenvalue weighted by atomic mass is 31.1. The zero-order valence-corrected chi connectivity index (χ0v) is 27.0. The second kappa shape index (κ2) is 10.9. The fourth-order valence-corrected chi connectivity index (χ4v) is 10.4. The van der Waals surface area contributed by atoms with Crippen molar-refractivity contribution in [3.63, 3.8) is 0 Å². The van der Waals surface area contributed by atoms with Gasteiger partial charge in [-0.25, -0.2) is 0 Å². The Balaban J connectivity index is 1.26. The highest BCUT2D eigenvalue weighted by Crippen LogP contribution is 2.51. The van der Waals surface area contributed by atoms with Crippen LogP contribution in [0, 0.1) is 0 Å². The first-order valence-electron chi connectivity index (χ1n) is 16.4. The smallest absolute Gasteiger partial charge is 0.136 e. The van der Waals surface area contributed by atoms with Gasteiger partial charge in [-0.3, -0.25) is 0 Å². The molecule has 0 N–H and O–H groups in total. The van der Waals surface area contributed by atoms with Crippen LogP contribution in [0.3, 0.4) is 0 Å². The summed E-state index contributed by atoms with van der Waals surface area (Å²) in [5, 5.41) is 8.94. The molecule has 0 saturated carbocycles. The Morgan fingerprint density at radius 1 is 0.333 bits per heavy atom. The molecule has 0 radical (unpaired) electrons. The second-order valence-corrected chi connectivity index (χ2v) is 14.6. The lowest BCUT2D eigenvalue weighted by Crippen LogP contribution is -2.23. The van der Waals surface area contributed by atoms with Crippen molar-refractivity contribution in [2.45, 2.75) is 0 Å². The normalized spacial score (nSPS) is 11.9. The summed E-state index contributed by atoms with van der Waals surface area (Å²) in [6.07, 6.45) is 0. The van der Waals surface area contributed by atoms with Crippen molar-refractivity contribution in [3.05, 3.63) is 176 Å². The molecule has 1 nitrogen and oxygen atoms in total. The van der Waals surface area contributed by atoms with Crippen LogP contribution in [-0.4, -0.2) is 0 Å². The summed E-state index contributed by atoms with van der Waals surface area (Å²) >= 11 is 0. The molecule has 0 bridgehead atoms. The third-order valence-corrected chi connectivity index (χ3v) is 12.3. The van der Waals surface area contributed by atoms with Crippen LogP contribution in [0.15, 0.2) is 180 Å². The number of benzene rings is 8. The maximum absolute atomic E-state index is 6.68. The van der Waals surface area contributed by atoms with E-state index in [0.717, 1.165) is 11.2 Å². The van der Waals surface area contributed by atoms with Crippen LogP contribution in [0.4, 0.5) is 0 Å². The van der Waals surface area contributed by atoms with Gasteiger partial charge >= 0.3 is 0 Å². The topological polar surface area (TPSA) is 13.1 Å². The lowest BCUT2D eigenvalue weighted by molar-refractivity contribution is 0.669. The van der Waals surface area contributed by atoms with Gasteiger partial charge < -0.3 is 4.42 Å². The lowest BCUT2D eigenvalue weighted by atomic mass is 9.98. The van der Waals surface area contributed by atoms with Crippen LogP contribution in [0.2, 0.25) is 0 Å². The number of furan rings is 1. The van der Waals surface area contributed by atoms with Crippen molar-refractivity contribution in [2.24, 2.45) is 0 Å². The van der Waals surface area contributed by atoms with Crippen LogP contribution >= 0.6 is 7.92 Å². The van der Waals surface area contributed by atoms with Gasteiger partial charge in [0.1, 0.15) is 11.2 Å². The molecule has 0 spiro atoms. The highest BCUT2D eigenvalue weighted by Gasteiger charge is 2.27. The van der Waals surface area contributed by atoms with E-state index < -0.39 is 7.92 Å². The summed E-state index contributed by atoms with van der Waals surface area (Å²) < 4.78 is 6.68. The van der Waals surface area contributed by atoms with Crippen LogP contribution < -0.4 is 15.9 Å². The summed E-state index contributed by atoms with van der Waals surface area (Å²) in [6, 6.07) is 64.2. The Morgan fingerprint density at radius 2 is 0.875 bits per heavy atom. The number of fused-ring (bicyclic) bond motifs is 7. The van der Waals surface area contributed by atoms with E-state index in [0.29, 0.717) is 0 Å². The molecule has 8 aromatic carbocycles. The predicted molar refractivity (Wildman–Crippen MR) is 205 cm³/mol. The Hall–Kier alpha value is -5.75. The number of rotatable bonds is 5. The van der Waals surface area contributed by atoms with Gasteiger partial charge in [0.25, 0.3) is 0 Å². The first-order valence-corrected chi connectivity index (χ1v) is 17.8. The zero-order chi connectivity index (χ0) is 31.6. The van der Waals surface area contributed by atoms with E-state index >= 15 is 0 Å². The quantitative estimate of drug-likeness (QED) is 0.173. The molecule has 1 aliphatic carbocycles. The first-order chi connectivity index (χ1) is 23.8.